The van der Waals surface area contributed by atoms with Crippen molar-refractivity contribution in [1.82, 2.24) is 4.90 Å². The number of imide groups is 1. The van der Waals surface area contributed by atoms with Crippen LogP contribution in [0.3, 0.4) is 0 Å². The van der Waals surface area contributed by atoms with Crippen LogP contribution in [0.4, 0.5) is 14.9 Å². The van der Waals surface area contributed by atoms with Gasteiger partial charge in [0.05, 0.1) is 20.8 Å². The van der Waals surface area contributed by atoms with Crippen molar-refractivity contribution < 1.29 is 23.6 Å². The number of hydrogen-bond donors (Lipinski definition) is 0. The van der Waals surface area contributed by atoms with E-state index in [1.54, 1.807) is 36.4 Å². The quantitative estimate of drug-likeness (QED) is 0.197. The second-order valence-corrected chi connectivity index (χ2v) is 9.15. The standard InChI is InChI=1S/C24H16BrFN2O5S/c25-20-11-16(6-9-21(20)33-14-17-2-1-3-19(10-17)28(31)32)12-22-23(29)27(24(30)34-22)13-15-4-7-18(26)8-5-15/h1-12H,13-14H2/b22-12-. The second-order valence-electron chi connectivity index (χ2n) is 7.30. The van der Waals surface area contributed by atoms with Gasteiger partial charge in [-0.05, 0) is 74.7 Å². The van der Waals surface area contributed by atoms with Gasteiger partial charge in [0.15, 0.2) is 0 Å². The molecule has 3 aromatic rings. The van der Waals surface area contributed by atoms with Crippen molar-refractivity contribution in [2.75, 3.05) is 0 Å². The number of carbonyl (C=O) groups is 2. The molecule has 1 fully saturated rings. The van der Waals surface area contributed by atoms with Gasteiger partial charge in [0, 0.05) is 12.1 Å². The van der Waals surface area contributed by atoms with Gasteiger partial charge in [-0.15, -0.1) is 0 Å². The highest BCUT2D eigenvalue weighted by molar-refractivity contribution is 9.10. The Kier molecular flexibility index (Phi) is 7.09. The lowest BCUT2D eigenvalue weighted by Crippen LogP contribution is -2.27. The molecule has 10 heteroatoms. The average Bonchev–Trinajstić information content (AvgIpc) is 3.07. The molecule has 1 aliphatic rings. The summed E-state index contributed by atoms with van der Waals surface area (Å²) < 4.78 is 19.5. The molecule has 34 heavy (non-hydrogen) atoms. The first-order valence-electron chi connectivity index (χ1n) is 9.95. The van der Waals surface area contributed by atoms with Crippen molar-refractivity contribution in [3.8, 4) is 5.75 Å². The van der Waals surface area contributed by atoms with Gasteiger partial charge in [0.2, 0.25) is 0 Å². The fourth-order valence-corrected chi connectivity index (χ4v) is 4.55. The van der Waals surface area contributed by atoms with Gasteiger partial charge in [-0.3, -0.25) is 24.6 Å². The molecule has 0 atom stereocenters. The maximum Gasteiger partial charge on any atom is 0.293 e. The molecule has 1 saturated heterocycles. The number of ether oxygens (including phenoxy) is 1. The van der Waals surface area contributed by atoms with E-state index >= 15 is 0 Å². The number of halogens is 2. The third kappa shape index (κ3) is 5.52. The van der Waals surface area contributed by atoms with E-state index < -0.39 is 16.1 Å². The minimum Gasteiger partial charge on any atom is -0.488 e. The second kappa shape index (κ2) is 10.2. The van der Waals surface area contributed by atoms with Crippen LogP contribution in [-0.4, -0.2) is 21.0 Å². The van der Waals surface area contributed by atoms with Crippen LogP contribution in [0.25, 0.3) is 6.08 Å². The summed E-state index contributed by atoms with van der Waals surface area (Å²) in [6, 6.07) is 17.0. The Bertz CT molecular complexity index is 1310. The summed E-state index contributed by atoms with van der Waals surface area (Å²) in [4.78, 5) is 36.9. The van der Waals surface area contributed by atoms with E-state index in [0.717, 1.165) is 16.7 Å². The molecule has 1 heterocycles. The summed E-state index contributed by atoms with van der Waals surface area (Å²) in [6.45, 7) is 0.207. The lowest BCUT2D eigenvalue weighted by molar-refractivity contribution is -0.384. The van der Waals surface area contributed by atoms with Crippen LogP contribution < -0.4 is 4.74 Å². The van der Waals surface area contributed by atoms with Crippen molar-refractivity contribution in [3.63, 3.8) is 0 Å². The van der Waals surface area contributed by atoms with E-state index in [2.05, 4.69) is 15.9 Å². The van der Waals surface area contributed by atoms with E-state index in [0.29, 0.717) is 26.9 Å². The molecular formula is C24H16BrFN2O5S. The van der Waals surface area contributed by atoms with Crippen LogP contribution in [0, 0.1) is 15.9 Å². The summed E-state index contributed by atoms with van der Waals surface area (Å²) in [5, 5.41) is 10.5. The molecule has 2 amide bonds. The van der Waals surface area contributed by atoms with Gasteiger partial charge in [-0.25, -0.2) is 4.39 Å². The van der Waals surface area contributed by atoms with Crippen molar-refractivity contribution in [2.24, 2.45) is 0 Å². The zero-order valence-corrected chi connectivity index (χ0v) is 19.8. The molecule has 0 aromatic heterocycles. The number of nitro groups is 1. The number of rotatable bonds is 7. The molecule has 0 N–H and O–H groups in total. The maximum atomic E-state index is 13.1. The Balaban J connectivity index is 1.44. The lowest BCUT2D eigenvalue weighted by atomic mass is 10.2. The molecule has 0 radical (unpaired) electrons. The van der Waals surface area contributed by atoms with Crippen LogP contribution >= 0.6 is 27.7 Å². The van der Waals surface area contributed by atoms with Crippen molar-refractivity contribution in [2.45, 2.75) is 13.2 Å². The smallest absolute Gasteiger partial charge is 0.293 e. The number of thioether (sulfide) groups is 1. The van der Waals surface area contributed by atoms with Crippen LogP contribution in [0.2, 0.25) is 0 Å². The molecule has 0 spiro atoms. The van der Waals surface area contributed by atoms with Crippen LogP contribution in [-0.2, 0) is 17.9 Å². The number of nitro benzene ring substituents is 1. The summed E-state index contributed by atoms with van der Waals surface area (Å²) in [6.07, 6.45) is 1.62. The van der Waals surface area contributed by atoms with Gasteiger partial charge in [0.25, 0.3) is 16.8 Å². The topological polar surface area (TPSA) is 89.7 Å². The Hall–Kier alpha value is -3.50. The predicted octanol–water partition coefficient (Wildman–Crippen LogP) is 6.31. The molecule has 172 valence electrons. The monoisotopic (exact) mass is 542 g/mol. The van der Waals surface area contributed by atoms with Crippen LogP contribution in [0.15, 0.2) is 76.1 Å². The fourth-order valence-electron chi connectivity index (χ4n) is 3.20. The van der Waals surface area contributed by atoms with E-state index in [-0.39, 0.29) is 29.6 Å². The Morgan fingerprint density at radius 3 is 2.53 bits per heavy atom. The molecule has 0 unspecified atom stereocenters. The van der Waals surface area contributed by atoms with Gasteiger partial charge in [-0.1, -0.05) is 30.3 Å². The summed E-state index contributed by atoms with van der Waals surface area (Å²) in [7, 11) is 0. The number of nitrogens with zero attached hydrogens (tertiary/aromatic N) is 2. The minimum absolute atomic E-state index is 0.0103. The number of non-ortho nitro benzene ring substituents is 1. The van der Waals surface area contributed by atoms with Crippen molar-refractivity contribution in [1.29, 1.82) is 0 Å². The number of benzene rings is 3. The fraction of sp³-hybridized carbons (Fsp3) is 0.0833. The van der Waals surface area contributed by atoms with Crippen molar-refractivity contribution >= 4 is 50.6 Å². The molecule has 1 aliphatic heterocycles. The first-order chi connectivity index (χ1) is 16.3. The first-order valence-corrected chi connectivity index (χ1v) is 11.6. The van der Waals surface area contributed by atoms with Crippen LogP contribution in [0.5, 0.6) is 5.75 Å². The Morgan fingerprint density at radius 2 is 1.82 bits per heavy atom. The lowest BCUT2D eigenvalue weighted by Gasteiger charge is -2.12. The normalized spacial score (nSPS) is 14.6. The number of hydrogen-bond acceptors (Lipinski definition) is 6. The molecule has 4 rings (SSSR count). The number of carbonyl (C=O) groups excluding carboxylic acids is 2. The van der Waals surface area contributed by atoms with E-state index in [4.69, 9.17) is 4.74 Å². The molecule has 0 saturated carbocycles. The van der Waals surface area contributed by atoms with E-state index in [9.17, 15) is 24.1 Å². The Morgan fingerprint density at radius 1 is 1.06 bits per heavy atom. The van der Waals surface area contributed by atoms with E-state index in [1.807, 2.05) is 0 Å². The summed E-state index contributed by atoms with van der Waals surface area (Å²) in [5.74, 6) is -0.282. The highest BCUT2D eigenvalue weighted by Gasteiger charge is 2.35. The number of amides is 2. The average molecular weight is 543 g/mol. The molecule has 0 aliphatic carbocycles. The Labute approximate surface area is 206 Å². The zero-order chi connectivity index (χ0) is 24.2. The summed E-state index contributed by atoms with van der Waals surface area (Å²) in [5.41, 5.74) is 1.98. The largest absolute Gasteiger partial charge is 0.488 e. The third-order valence-corrected chi connectivity index (χ3v) is 6.42. The summed E-state index contributed by atoms with van der Waals surface area (Å²) >= 11 is 4.28. The van der Waals surface area contributed by atoms with Gasteiger partial charge < -0.3 is 4.74 Å². The van der Waals surface area contributed by atoms with Crippen LogP contribution in [0.1, 0.15) is 16.7 Å². The van der Waals surface area contributed by atoms with Gasteiger partial charge >= 0.3 is 0 Å². The molecule has 7 nitrogen and oxygen atoms in total. The first kappa shape index (κ1) is 23.7. The third-order valence-electron chi connectivity index (χ3n) is 4.90. The van der Waals surface area contributed by atoms with Crippen molar-refractivity contribution in [3.05, 3.63) is 109 Å². The van der Waals surface area contributed by atoms with Gasteiger partial charge in [-0.2, -0.15) is 0 Å². The highest BCUT2D eigenvalue weighted by atomic mass is 79.9. The molecular weight excluding hydrogens is 527 g/mol. The zero-order valence-electron chi connectivity index (χ0n) is 17.4. The van der Waals surface area contributed by atoms with E-state index in [1.165, 1.54) is 36.4 Å². The SMILES string of the molecule is O=C1S/C(=C\c2ccc(OCc3cccc([N+](=O)[O-])c3)c(Br)c2)C(=O)N1Cc1ccc(F)cc1. The predicted molar refractivity (Wildman–Crippen MR) is 129 cm³/mol. The molecule has 3 aromatic carbocycles. The minimum atomic E-state index is -0.463. The highest BCUT2D eigenvalue weighted by Crippen LogP contribution is 2.35. The van der Waals surface area contributed by atoms with Gasteiger partial charge in [0.1, 0.15) is 18.2 Å². The molecule has 0 bridgehead atoms. The maximum absolute atomic E-state index is 13.1.